The first-order valence-corrected chi connectivity index (χ1v) is 8.59. The highest BCUT2D eigenvalue weighted by Crippen LogP contribution is 2.14. The topological polar surface area (TPSA) is 87.5 Å². The molecule has 0 saturated carbocycles. The van der Waals surface area contributed by atoms with Crippen LogP contribution < -0.4 is 16.4 Å². The van der Waals surface area contributed by atoms with Crippen LogP contribution in [-0.4, -0.2) is 43.4 Å². The Morgan fingerprint density at radius 1 is 0.962 bits per heavy atom. The molecule has 0 aromatic heterocycles. The molecule has 138 valence electrons. The third-order valence-electron chi connectivity index (χ3n) is 3.86. The van der Waals surface area contributed by atoms with Crippen molar-refractivity contribution < 1.29 is 9.59 Å². The van der Waals surface area contributed by atoms with Crippen LogP contribution in [0.2, 0.25) is 0 Å². The molecule has 0 radical (unpaired) electrons. The average Bonchev–Trinajstić information content (AvgIpc) is 2.62. The van der Waals surface area contributed by atoms with E-state index < -0.39 is 6.04 Å². The monoisotopic (exact) mass is 354 g/mol. The van der Waals surface area contributed by atoms with Gasteiger partial charge in [-0.15, -0.1) is 0 Å². The molecule has 0 aliphatic heterocycles. The van der Waals surface area contributed by atoms with Crippen LogP contribution in [0.15, 0.2) is 54.6 Å². The number of rotatable bonds is 8. The molecule has 26 heavy (non-hydrogen) atoms. The van der Waals surface area contributed by atoms with Gasteiger partial charge in [-0.3, -0.25) is 9.59 Å². The van der Waals surface area contributed by atoms with Gasteiger partial charge in [0.15, 0.2) is 0 Å². The maximum Gasteiger partial charge on any atom is 0.241 e. The maximum absolute atomic E-state index is 12.2. The van der Waals surface area contributed by atoms with Crippen LogP contribution in [0.3, 0.4) is 0 Å². The molecule has 6 heteroatoms. The van der Waals surface area contributed by atoms with Gasteiger partial charge in [0.05, 0.1) is 6.04 Å². The van der Waals surface area contributed by atoms with Gasteiger partial charge in [0.1, 0.15) is 0 Å². The molecule has 0 fully saturated rings. The van der Waals surface area contributed by atoms with Crippen LogP contribution in [0, 0.1) is 0 Å². The summed E-state index contributed by atoms with van der Waals surface area (Å²) in [7, 11) is 3.85. The van der Waals surface area contributed by atoms with Crippen molar-refractivity contribution in [1.82, 2.24) is 4.90 Å². The van der Waals surface area contributed by atoms with Gasteiger partial charge >= 0.3 is 0 Å². The van der Waals surface area contributed by atoms with E-state index in [-0.39, 0.29) is 11.8 Å². The van der Waals surface area contributed by atoms with E-state index in [1.807, 2.05) is 49.3 Å². The number of hydrogen-bond acceptors (Lipinski definition) is 4. The van der Waals surface area contributed by atoms with Gasteiger partial charge in [-0.25, -0.2) is 0 Å². The van der Waals surface area contributed by atoms with Crippen LogP contribution >= 0.6 is 0 Å². The van der Waals surface area contributed by atoms with Crippen LogP contribution in [0.25, 0.3) is 0 Å². The fourth-order valence-corrected chi connectivity index (χ4v) is 2.38. The Balaban J connectivity index is 1.84. The molecule has 0 aliphatic carbocycles. The Hall–Kier alpha value is -2.70. The summed E-state index contributed by atoms with van der Waals surface area (Å²) < 4.78 is 0. The number of benzene rings is 2. The van der Waals surface area contributed by atoms with Gasteiger partial charge in [-0.2, -0.15) is 0 Å². The molecule has 0 heterocycles. The van der Waals surface area contributed by atoms with E-state index in [1.165, 1.54) is 0 Å². The van der Waals surface area contributed by atoms with Crippen molar-refractivity contribution in [1.29, 1.82) is 0 Å². The van der Waals surface area contributed by atoms with Crippen molar-refractivity contribution in [3.8, 4) is 0 Å². The molecular weight excluding hydrogens is 328 g/mol. The van der Waals surface area contributed by atoms with E-state index in [9.17, 15) is 9.59 Å². The second-order valence-electron chi connectivity index (χ2n) is 6.46. The van der Waals surface area contributed by atoms with Crippen molar-refractivity contribution in [3.63, 3.8) is 0 Å². The number of nitrogens with zero attached hydrogens (tertiary/aromatic N) is 1. The van der Waals surface area contributed by atoms with Crippen LogP contribution in [0.4, 0.5) is 11.4 Å². The molecule has 2 rings (SSSR count). The van der Waals surface area contributed by atoms with Gasteiger partial charge in [-0.05, 0) is 50.3 Å². The smallest absolute Gasteiger partial charge is 0.241 e. The maximum atomic E-state index is 12.2. The molecule has 1 unspecified atom stereocenters. The zero-order chi connectivity index (χ0) is 18.9. The Morgan fingerprint density at radius 2 is 1.54 bits per heavy atom. The normalized spacial score (nSPS) is 11.8. The summed E-state index contributed by atoms with van der Waals surface area (Å²) in [6.07, 6.45) is 0.909. The van der Waals surface area contributed by atoms with Crippen molar-refractivity contribution in [2.45, 2.75) is 18.9 Å². The SMILES string of the molecule is CN(C)CCC(=O)Nc1ccc(NC(=O)C(N)Cc2ccccc2)cc1. The molecule has 2 aromatic carbocycles. The molecule has 0 saturated heterocycles. The summed E-state index contributed by atoms with van der Waals surface area (Å²) >= 11 is 0. The number of nitrogens with two attached hydrogens (primary N) is 1. The van der Waals surface area contributed by atoms with Gasteiger partial charge < -0.3 is 21.3 Å². The molecule has 6 nitrogen and oxygen atoms in total. The molecule has 2 aromatic rings. The van der Waals surface area contributed by atoms with Gasteiger partial charge in [-0.1, -0.05) is 30.3 Å². The predicted molar refractivity (Wildman–Crippen MR) is 105 cm³/mol. The number of carbonyl (C=O) groups excluding carboxylic acids is 2. The van der Waals surface area contributed by atoms with E-state index in [0.29, 0.717) is 30.8 Å². The van der Waals surface area contributed by atoms with Crippen LogP contribution in [0.5, 0.6) is 0 Å². The zero-order valence-corrected chi connectivity index (χ0v) is 15.2. The molecule has 0 aliphatic rings. The minimum absolute atomic E-state index is 0.0413. The summed E-state index contributed by atoms with van der Waals surface area (Å²) in [5.41, 5.74) is 8.34. The van der Waals surface area contributed by atoms with Crippen molar-refractivity contribution >= 4 is 23.2 Å². The highest BCUT2D eigenvalue weighted by molar-refractivity contribution is 5.95. The number of carbonyl (C=O) groups is 2. The lowest BCUT2D eigenvalue weighted by atomic mass is 10.1. The third kappa shape index (κ3) is 6.66. The quantitative estimate of drug-likeness (QED) is 0.677. The average molecular weight is 354 g/mol. The first kappa shape index (κ1) is 19.6. The summed E-state index contributed by atoms with van der Waals surface area (Å²) in [4.78, 5) is 26.0. The lowest BCUT2D eigenvalue weighted by Gasteiger charge is -2.13. The molecule has 4 N–H and O–H groups in total. The van der Waals surface area contributed by atoms with Crippen molar-refractivity contribution in [2.24, 2.45) is 5.73 Å². The summed E-state index contributed by atoms with van der Waals surface area (Å²) in [6.45, 7) is 0.694. The fraction of sp³-hybridized carbons (Fsp3) is 0.300. The van der Waals surface area contributed by atoms with E-state index >= 15 is 0 Å². The van der Waals surface area contributed by atoms with E-state index in [0.717, 1.165) is 5.56 Å². The van der Waals surface area contributed by atoms with E-state index in [4.69, 9.17) is 5.73 Å². The fourth-order valence-electron chi connectivity index (χ4n) is 2.38. The van der Waals surface area contributed by atoms with E-state index in [1.54, 1.807) is 24.3 Å². The summed E-state index contributed by atoms with van der Waals surface area (Å²) in [5, 5.41) is 5.63. The van der Waals surface area contributed by atoms with Crippen LogP contribution in [0.1, 0.15) is 12.0 Å². The van der Waals surface area contributed by atoms with Crippen LogP contribution in [-0.2, 0) is 16.0 Å². The van der Waals surface area contributed by atoms with E-state index in [2.05, 4.69) is 10.6 Å². The number of amides is 2. The van der Waals surface area contributed by atoms with Crippen molar-refractivity contribution in [2.75, 3.05) is 31.3 Å². The zero-order valence-electron chi connectivity index (χ0n) is 15.2. The molecule has 1 atom stereocenters. The number of anilines is 2. The molecule has 0 spiro atoms. The Kier molecular flexibility index (Phi) is 7.32. The highest BCUT2D eigenvalue weighted by atomic mass is 16.2. The lowest BCUT2D eigenvalue weighted by Crippen LogP contribution is -2.37. The minimum atomic E-state index is -0.622. The Morgan fingerprint density at radius 3 is 2.12 bits per heavy atom. The molecular formula is C20H26N4O2. The van der Waals surface area contributed by atoms with Gasteiger partial charge in [0.2, 0.25) is 11.8 Å². The predicted octanol–water partition coefficient (Wildman–Crippen LogP) is 2.09. The standard InChI is InChI=1S/C20H26N4O2/c1-24(2)13-12-19(25)22-16-8-10-17(11-9-16)23-20(26)18(21)14-15-6-4-3-5-7-15/h3-11,18H,12-14,21H2,1-2H3,(H,22,25)(H,23,26). The first-order valence-electron chi connectivity index (χ1n) is 8.59. The summed E-state index contributed by atoms with van der Waals surface area (Å²) in [5.74, 6) is -0.281. The number of hydrogen-bond donors (Lipinski definition) is 3. The summed E-state index contributed by atoms with van der Waals surface area (Å²) in [6, 6.07) is 16.0. The van der Waals surface area contributed by atoms with Crippen molar-refractivity contribution in [3.05, 3.63) is 60.2 Å². The number of nitrogens with one attached hydrogen (secondary N) is 2. The largest absolute Gasteiger partial charge is 0.326 e. The molecule has 2 amide bonds. The third-order valence-corrected chi connectivity index (χ3v) is 3.86. The Labute approximate surface area is 154 Å². The highest BCUT2D eigenvalue weighted by Gasteiger charge is 2.14. The lowest BCUT2D eigenvalue weighted by molar-refractivity contribution is -0.117. The first-order chi connectivity index (χ1) is 12.4. The minimum Gasteiger partial charge on any atom is -0.326 e. The van der Waals surface area contributed by atoms with Gasteiger partial charge in [0.25, 0.3) is 0 Å². The van der Waals surface area contributed by atoms with Gasteiger partial charge in [0, 0.05) is 24.3 Å². The second-order valence-corrected chi connectivity index (χ2v) is 6.46. The molecule has 0 bridgehead atoms. The second kappa shape index (κ2) is 9.70. The Bertz CT molecular complexity index is 714.